The molecule has 0 atom stereocenters. The van der Waals surface area contributed by atoms with Crippen molar-refractivity contribution in [1.29, 1.82) is 0 Å². The fourth-order valence-electron chi connectivity index (χ4n) is 3.07. The number of halogens is 1. The van der Waals surface area contributed by atoms with Gasteiger partial charge in [0.1, 0.15) is 11.6 Å². The SMILES string of the molecule is CCNc1nc(C(CC)CC)nc(C2CCCC2)c1I. The molecule has 0 saturated heterocycles. The van der Waals surface area contributed by atoms with E-state index >= 15 is 0 Å². The van der Waals surface area contributed by atoms with E-state index in [0.717, 1.165) is 31.0 Å². The zero-order valence-electron chi connectivity index (χ0n) is 12.9. The molecular formula is C16H26IN3. The van der Waals surface area contributed by atoms with Gasteiger partial charge in [-0.15, -0.1) is 0 Å². The first-order chi connectivity index (χ1) is 9.71. The molecule has 1 fully saturated rings. The number of nitrogens with zero attached hydrogens (tertiary/aromatic N) is 2. The Balaban J connectivity index is 2.42. The van der Waals surface area contributed by atoms with Gasteiger partial charge < -0.3 is 5.32 Å². The smallest absolute Gasteiger partial charge is 0.143 e. The Morgan fingerprint density at radius 3 is 2.35 bits per heavy atom. The largest absolute Gasteiger partial charge is 0.369 e. The molecular weight excluding hydrogens is 361 g/mol. The van der Waals surface area contributed by atoms with Gasteiger partial charge >= 0.3 is 0 Å². The normalized spacial score (nSPS) is 16.1. The number of anilines is 1. The minimum Gasteiger partial charge on any atom is -0.369 e. The van der Waals surface area contributed by atoms with E-state index in [9.17, 15) is 0 Å². The van der Waals surface area contributed by atoms with Crippen LogP contribution in [-0.4, -0.2) is 16.5 Å². The average Bonchev–Trinajstić information content (AvgIpc) is 2.97. The standard InChI is InChI=1S/C16H26IN3/c1-4-11(5-2)15-19-14(12-9-7-8-10-12)13(17)16(20-15)18-6-3/h11-12H,4-10H2,1-3H3,(H,18,19,20). The third kappa shape index (κ3) is 3.43. The predicted octanol–water partition coefficient (Wildman–Crippen LogP) is 5.07. The third-order valence-electron chi connectivity index (χ3n) is 4.33. The molecule has 1 aromatic rings. The lowest BCUT2D eigenvalue weighted by Crippen LogP contribution is -2.13. The quantitative estimate of drug-likeness (QED) is 0.693. The highest BCUT2D eigenvalue weighted by molar-refractivity contribution is 14.1. The van der Waals surface area contributed by atoms with Crippen molar-refractivity contribution in [2.24, 2.45) is 0 Å². The van der Waals surface area contributed by atoms with Crippen LogP contribution in [0.5, 0.6) is 0 Å². The zero-order chi connectivity index (χ0) is 14.5. The molecule has 1 saturated carbocycles. The van der Waals surface area contributed by atoms with Crippen LogP contribution in [0.2, 0.25) is 0 Å². The second kappa shape index (κ2) is 7.57. The highest BCUT2D eigenvalue weighted by Crippen LogP contribution is 2.37. The molecule has 0 radical (unpaired) electrons. The number of hydrogen-bond donors (Lipinski definition) is 1. The van der Waals surface area contributed by atoms with E-state index in [-0.39, 0.29) is 0 Å². The van der Waals surface area contributed by atoms with Gasteiger partial charge in [-0.2, -0.15) is 0 Å². The molecule has 0 bridgehead atoms. The maximum Gasteiger partial charge on any atom is 0.143 e. The van der Waals surface area contributed by atoms with Gasteiger partial charge in [-0.25, -0.2) is 9.97 Å². The van der Waals surface area contributed by atoms with Gasteiger partial charge in [0, 0.05) is 18.4 Å². The van der Waals surface area contributed by atoms with Crippen molar-refractivity contribution in [3.05, 3.63) is 15.1 Å². The minimum absolute atomic E-state index is 0.490. The molecule has 0 unspecified atom stereocenters. The van der Waals surface area contributed by atoms with E-state index in [0.29, 0.717) is 11.8 Å². The summed E-state index contributed by atoms with van der Waals surface area (Å²) in [6, 6.07) is 0. The summed E-state index contributed by atoms with van der Waals surface area (Å²) < 4.78 is 1.24. The van der Waals surface area contributed by atoms with Crippen molar-refractivity contribution >= 4 is 28.4 Å². The Kier molecular flexibility index (Phi) is 6.05. The molecule has 2 rings (SSSR count). The monoisotopic (exact) mass is 387 g/mol. The molecule has 0 aliphatic heterocycles. The Labute approximate surface area is 136 Å². The molecule has 1 aromatic heterocycles. The first-order valence-electron chi connectivity index (χ1n) is 8.02. The van der Waals surface area contributed by atoms with E-state index in [4.69, 9.17) is 9.97 Å². The Morgan fingerprint density at radius 1 is 1.15 bits per heavy atom. The first-order valence-corrected chi connectivity index (χ1v) is 9.10. The van der Waals surface area contributed by atoms with Gasteiger partial charge in [-0.05, 0) is 55.2 Å². The number of rotatable bonds is 6. The molecule has 3 nitrogen and oxygen atoms in total. The van der Waals surface area contributed by atoms with Crippen LogP contribution in [0.25, 0.3) is 0 Å². The van der Waals surface area contributed by atoms with Crippen LogP contribution in [0.4, 0.5) is 5.82 Å². The Hall–Kier alpha value is -0.390. The van der Waals surface area contributed by atoms with Crippen LogP contribution in [0.3, 0.4) is 0 Å². The number of hydrogen-bond acceptors (Lipinski definition) is 3. The van der Waals surface area contributed by atoms with Gasteiger partial charge in [0.05, 0.1) is 9.26 Å². The first kappa shape index (κ1) is 16.0. The molecule has 1 N–H and O–H groups in total. The van der Waals surface area contributed by atoms with Gasteiger partial charge in [-0.3, -0.25) is 0 Å². The minimum atomic E-state index is 0.490. The van der Waals surface area contributed by atoms with E-state index < -0.39 is 0 Å². The lowest BCUT2D eigenvalue weighted by atomic mass is 10.00. The van der Waals surface area contributed by atoms with Crippen molar-refractivity contribution < 1.29 is 0 Å². The molecule has 112 valence electrons. The lowest BCUT2D eigenvalue weighted by Gasteiger charge is -2.19. The predicted molar refractivity (Wildman–Crippen MR) is 93.4 cm³/mol. The van der Waals surface area contributed by atoms with E-state index in [2.05, 4.69) is 48.7 Å². The summed E-state index contributed by atoms with van der Waals surface area (Å²) >= 11 is 2.43. The molecule has 0 amide bonds. The Morgan fingerprint density at radius 2 is 1.80 bits per heavy atom. The molecule has 1 aliphatic rings. The fraction of sp³-hybridized carbons (Fsp3) is 0.750. The Bertz CT molecular complexity index is 438. The number of aromatic nitrogens is 2. The van der Waals surface area contributed by atoms with Crippen LogP contribution in [0.15, 0.2) is 0 Å². The van der Waals surface area contributed by atoms with Crippen molar-refractivity contribution in [3.8, 4) is 0 Å². The average molecular weight is 387 g/mol. The maximum absolute atomic E-state index is 4.98. The zero-order valence-corrected chi connectivity index (χ0v) is 15.0. The molecule has 1 aliphatic carbocycles. The van der Waals surface area contributed by atoms with E-state index in [1.54, 1.807) is 0 Å². The molecule has 1 heterocycles. The van der Waals surface area contributed by atoms with Crippen molar-refractivity contribution in [2.45, 2.75) is 71.1 Å². The summed E-state index contributed by atoms with van der Waals surface area (Å²) in [4.78, 5) is 9.79. The van der Waals surface area contributed by atoms with E-state index in [1.165, 1.54) is 34.9 Å². The summed E-state index contributed by atoms with van der Waals surface area (Å²) in [5.41, 5.74) is 1.30. The number of nitrogens with one attached hydrogen (secondary N) is 1. The maximum atomic E-state index is 4.98. The summed E-state index contributed by atoms with van der Waals surface area (Å²) in [6.07, 6.45) is 7.52. The molecule has 0 aromatic carbocycles. The lowest BCUT2D eigenvalue weighted by molar-refractivity contribution is 0.586. The fourth-order valence-corrected chi connectivity index (χ4v) is 3.95. The summed E-state index contributed by atoms with van der Waals surface area (Å²) in [7, 11) is 0. The topological polar surface area (TPSA) is 37.8 Å². The van der Waals surface area contributed by atoms with Gasteiger partial charge in [-0.1, -0.05) is 26.7 Å². The highest BCUT2D eigenvalue weighted by atomic mass is 127. The van der Waals surface area contributed by atoms with Crippen LogP contribution >= 0.6 is 22.6 Å². The molecule has 4 heteroatoms. The summed E-state index contributed by atoms with van der Waals surface area (Å²) in [5, 5.41) is 3.42. The molecule has 0 spiro atoms. The van der Waals surface area contributed by atoms with Crippen LogP contribution in [-0.2, 0) is 0 Å². The molecule has 20 heavy (non-hydrogen) atoms. The summed E-state index contributed by atoms with van der Waals surface area (Å²) in [6.45, 7) is 7.51. The van der Waals surface area contributed by atoms with Crippen LogP contribution in [0.1, 0.15) is 82.7 Å². The second-order valence-corrected chi connectivity index (χ2v) is 6.73. The van der Waals surface area contributed by atoms with Crippen molar-refractivity contribution in [1.82, 2.24) is 9.97 Å². The third-order valence-corrected chi connectivity index (χ3v) is 5.39. The highest BCUT2D eigenvalue weighted by Gasteiger charge is 2.25. The van der Waals surface area contributed by atoms with Crippen molar-refractivity contribution in [3.63, 3.8) is 0 Å². The van der Waals surface area contributed by atoms with Crippen molar-refractivity contribution in [2.75, 3.05) is 11.9 Å². The van der Waals surface area contributed by atoms with Crippen LogP contribution in [0, 0.1) is 3.57 Å². The van der Waals surface area contributed by atoms with Gasteiger partial charge in [0.15, 0.2) is 0 Å². The van der Waals surface area contributed by atoms with E-state index in [1.807, 2.05) is 0 Å². The summed E-state index contributed by atoms with van der Waals surface area (Å²) in [5.74, 6) is 3.24. The second-order valence-electron chi connectivity index (χ2n) is 5.65. The van der Waals surface area contributed by atoms with Crippen LogP contribution < -0.4 is 5.32 Å². The van der Waals surface area contributed by atoms with Gasteiger partial charge in [0.2, 0.25) is 0 Å². The van der Waals surface area contributed by atoms with Gasteiger partial charge in [0.25, 0.3) is 0 Å².